The first-order valence-electron chi connectivity index (χ1n) is 13.9. The van der Waals surface area contributed by atoms with Crippen LogP contribution < -0.4 is 0 Å². The molecule has 0 aromatic heterocycles. The van der Waals surface area contributed by atoms with Crippen molar-refractivity contribution in [3.8, 4) is 0 Å². The first kappa shape index (κ1) is 29.4. The molecule has 2 amide bonds. The highest BCUT2D eigenvalue weighted by atomic mass is 16.6. The molecule has 4 unspecified atom stereocenters. The molecule has 3 saturated heterocycles. The maximum absolute atomic E-state index is 14.3. The average Bonchev–Trinajstić information content (AvgIpc) is 3.37. The zero-order valence-electron chi connectivity index (χ0n) is 23.1. The summed E-state index contributed by atoms with van der Waals surface area (Å²) in [6, 6.07) is -0.858. The van der Waals surface area contributed by atoms with Crippen LogP contribution >= 0.6 is 0 Å². The van der Waals surface area contributed by atoms with Crippen molar-refractivity contribution in [2.75, 3.05) is 26.3 Å². The number of aliphatic hydroxyl groups excluding tert-OH is 1. The number of ether oxygens (including phenoxy) is 2. The fraction of sp³-hybridized carbons (Fsp3) is 0.759. The van der Waals surface area contributed by atoms with Crippen LogP contribution in [0, 0.1) is 17.8 Å². The van der Waals surface area contributed by atoms with Gasteiger partial charge in [0.1, 0.15) is 17.6 Å². The number of likely N-dealkylation sites (tertiary alicyclic amines) is 1. The minimum absolute atomic E-state index is 0.0105. The molecule has 8 nitrogen and oxygen atoms in total. The summed E-state index contributed by atoms with van der Waals surface area (Å²) in [5, 5.41) is 9.36. The van der Waals surface area contributed by atoms with Crippen LogP contribution in [-0.2, 0) is 23.9 Å². The Morgan fingerprint density at radius 2 is 2.03 bits per heavy atom. The zero-order chi connectivity index (χ0) is 27.4. The number of fused-ring (bicyclic) bond motifs is 1. The molecule has 3 rings (SSSR count). The molecule has 1 spiro atoms. The Labute approximate surface area is 222 Å². The Hall–Kier alpha value is -2.19. The van der Waals surface area contributed by atoms with Crippen LogP contribution in [0.2, 0.25) is 0 Å². The summed E-state index contributed by atoms with van der Waals surface area (Å²) in [7, 11) is 0. The van der Waals surface area contributed by atoms with E-state index in [1.807, 2.05) is 20.8 Å². The highest BCUT2D eigenvalue weighted by Gasteiger charge is 2.80. The monoisotopic (exact) mass is 518 g/mol. The normalized spacial score (nSPS) is 32.8. The van der Waals surface area contributed by atoms with Crippen molar-refractivity contribution in [2.45, 2.75) is 95.9 Å². The summed E-state index contributed by atoms with van der Waals surface area (Å²) >= 11 is 0. The number of carbonyl (C=O) groups is 3. The number of hydrogen-bond donors (Lipinski definition) is 1. The summed E-state index contributed by atoms with van der Waals surface area (Å²) in [4.78, 5) is 45.3. The predicted octanol–water partition coefficient (Wildman–Crippen LogP) is 3.48. The van der Waals surface area contributed by atoms with Crippen molar-refractivity contribution in [1.82, 2.24) is 9.80 Å². The van der Waals surface area contributed by atoms with Gasteiger partial charge in [0.05, 0.1) is 18.1 Å². The number of allylic oxidation sites excluding steroid dienone is 1. The lowest BCUT2D eigenvalue weighted by atomic mass is 9.62. The van der Waals surface area contributed by atoms with E-state index in [-0.39, 0.29) is 37.0 Å². The van der Waals surface area contributed by atoms with Crippen LogP contribution in [0.3, 0.4) is 0 Å². The highest BCUT2D eigenvalue weighted by Crippen LogP contribution is 2.65. The molecule has 7 atom stereocenters. The smallest absolute Gasteiger partial charge is 0.312 e. The molecule has 208 valence electrons. The van der Waals surface area contributed by atoms with Gasteiger partial charge in [0.15, 0.2) is 0 Å². The van der Waals surface area contributed by atoms with E-state index < -0.39 is 35.0 Å². The summed E-state index contributed by atoms with van der Waals surface area (Å²) in [5.41, 5.74) is -1.97. The van der Waals surface area contributed by atoms with Gasteiger partial charge in [0.2, 0.25) is 11.8 Å². The molecule has 0 saturated carbocycles. The molecule has 3 fully saturated rings. The quantitative estimate of drug-likeness (QED) is 0.203. The predicted molar refractivity (Wildman–Crippen MR) is 141 cm³/mol. The van der Waals surface area contributed by atoms with Gasteiger partial charge in [-0.05, 0) is 58.3 Å². The van der Waals surface area contributed by atoms with Crippen molar-refractivity contribution in [3.05, 3.63) is 25.3 Å². The first-order chi connectivity index (χ1) is 17.6. The minimum Gasteiger partial charge on any atom is -0.465 e. The van der Waals surface area contributed by atoms with Crippen molar-refractivity contribution < 1.29 is 29.0 Å². The molecular formula is C29H46N2O6. The molecular weight excluding hydrogens is 472 g/mol. The van der Waals surface area contributed by atoms with E-state index in [2.05, 4.69) is 20.1 Å². The fourth-order valence-electron chi connectivity index (χ4n) is 6.86. The second-order valence-corrected chi connectivity index (χ2v) is 11.2. The maximum Gasteiger partial charge on any atom is 0.312 e. The molecule has 8 heteroatoms. The number of nitrogens with zero attached hydrogens (tertiary/aromatic N) is 2. The molecule has 2 bridgehead atoms. The Kier molecular flexibility index (Phi) is 9.62. The van der Waals surface area contributed by atoms with Crippen LogP contribution in [-0.4, -0.2) is 82.3 Å². The van der Waals surface area contributed by atoms with Gasteiger partial charge in [-0.25, -0.2) is 0 Å². The second-order valence-electron chi connectivity index (χ2n) is 11.2. The van der Waals surface area contributed by atoms with Crippen molar-refractivity contribution >= 4 is 17.8 Å². The number of carbonyl (C=O) groups excluding carboxylic acids is 3. The van der Waals surface area contributed by atoms with E-state index in [0.717, 1.165) is 19.3 Å². The molecule has 0 aliphatic carbocycles. The summed E-state index contributed by atoms with van der Waals surface area (Å²) < 4.78 is 12.4. The lowest BCUT2D eigenvalue weighted by molar-refractivity contribution is -0.162. The number of rotatable bonds is 15. The maximum atomic E-state index is 14.3. The Morgan fingerprint density at radius 3 is 2.65 bits per heavy atom. The molecule has 3 aliphatic rings. The number of esters is 1. The third-order valence-corrected chi connectivity index (χ3v) is 8.75. The average molecular weight is 519 g/mol. The fourth-order valence-corrected chi connectivity index (χ4v) is 6.86. The third-order valence-electron chi connectivity index (χ3n) is 8.75. The number of aliphatic hydroxyl groups is 1. The topological polar surface area (TPSA) is 96.4 Å². The van der Waals surface area contributed by atoms with Crippen LogP contribution in [0.25, 0.3) is 0 Å². The van der Waals surface area contributed by atoms with E-state index in [9.17, 15) is 19.5 Å². The van der Waals surface area contributed by atoms with Gasteiger partial charge in [-0.1, -0.05) is 32.4 Å². The van der Waals surface area contributed by atoms with Crippen LogP contribution in [0.15, 0.2) is 25.3 Å². The lowest BCUT2D eigenvalue weighted by Crippen LogP contribution is -2.58. The van der Waals surface area contributed by atoms with Gasteiger partial charge in [-0.15, -0.1) is 13.2 Å². The number of unbranched alkanes of at least 4 members (excludes halogenated alkanes) is 2. The Morgan fingerprint density at radius 1 is 1.30 bits per heavy atom. The Bertz CT molecular complexity index is 876. The van der Waals surface area contributed by atoms with E-state index in [1.54, 1.807) is 22.0 Å². The molecule has 37 heavy (non-hydrogen) atoms. The third kappa shape index (κ3) is 5.11. The van der Waals surface area contributed by atoms with E-state index >= 15 is 0 Å². The van der Waals surface area contributed by atoms with Gasteiger partial charge >= 0.3 is 5.97 Å². The number of amides is 2. The highest BCUT2D eigenvalue weighted by molar-refractivity contribution is 5.98. The van der Waals surface area contributed by atoms with Gasteiger partial charge in [0.25, 0.3) is 0 Å². The van der Waals surface area contributed by atoms with E-state index in [1.165, 1.54) is 0 Å². The second kappa shape index (κ2) is 12.1. The summed E-state index contributed by atoms with van der Waals surface area (Å²) in [6.45, 7) is 16.6. The standard InChI is InChI=1S/C29H46N2O6/c1-7-10-13-18-36-27(35)23-22-25(33)31(16-11-12-17-32)24(29(22)19-20(4)28(23,6)37-29)26(34)30(15-9-3)21(5)14-8-2/h7,9,20-24,32H,1,3,8,10-19H2,2,4-6H3/t20?,21?,22-,23+,24?,28-,29?/m0/s1. The molecule has 0 radical (unpaired) electrons. The lowest BCUT2D eigenvalue weighted by Gasteiger charge is -2.39. The molecule has 3 aliphatic heterocycles. The molecule has 3 heterocycles. The molecule has 1 N–H and O–H groups in total. The largest absolute Gasteiger partial charge is 0.465 e. The van der Waals surface area contributed by atoms with Gasteiger partial charge in [-0.2, -0.15) is 0 Å². The first-order valence-corrected chi connectivity index (χ1v) is 13.9. The molecule has 0 aromatic carbocycles. The van der Waals surface area contributed by atoms with E-state index in [4.69, 9.17) is 9.47 Å². The zero-order valence-corrected chi connectivity index (χ0v) is 23.1. The number of hydrogen-bond acceptors (Lipinski definition) is 6. The van der Waals surface area contributed by atoms with Gasteiger partial charge in [-0.3, -0.25) is 14.4 Å². The summed E-state index contributed by atoms with van der Waals surface area (Å²) in [6.07, 6.45) is 8.25. The Balaban J connectivity index is 2.02. The SMILES string of the molecule is C=CCCCOC(=O)[C@H]1[C@H]2C(=O)N(CCCCO)C(C(=O)N(CC=C)C(C)CCC)C23CC(C)[C@]1(C)O3. The summed E-state index contributed by atoms with van der Waals surface area (Å²) in [5.74, 6) is -2.37. The van der Waals surface area contributed by atoms with Crippen LogP contribution in [0.4, 0.5) is 0 Å². The minimum atomic E-state index is -1.09. The van der Waals surface area contributed by atoms with E-state index in [0.29, 0.717) is 38.8 Å². The van der Waals surface area contributed by atoms with Gasteiger partial charge < -0.3 is 24.4 Å². The van der Waals surface area contributed by atoms with Crippen LogP contribution in [0.5, 0.6) is 0 Å². The van der Waals surface area contributed by atoms with Crippen molar-refractivity contribution in [2.24, 2.45) is 17.8 Å². The van der Waals surface area contributed by atoms with Crippen LogP contribution in [0.1, 0.15) is 72.6 Å². The van der Waals surface area contributed by atoms with Crippen molar-refractivity contribution in [1.29, 1.82) is 0 Å². The van der Waals surface area contributed by atoms with Crippen molar-refractivity contribution in [3.63, 3.8) is 0 Å². The molecule has 0 aromatic rings. The van der Waals surface area contributed by atoms with Gasteiger partial charge in [0, 0.05) is 25.7 Å².